The first kappa shape index (κ1) is 12.0. The maximum atomic E-state index is 8.57. The summed E-state index contributed by atoms with van der Waals surface area (Å²) in [5, 5.41) is 8.57. The van der Waals surface area contributed by atoms with Crippen LogP contribution in [0.25, 0.3) is 0 Å². The monoisotopic (exact) mass is 206 g/mol. The summed E-state index contributed by atoms with van der Waals surface area (Å²) in [4.78, 5) is 0. The van der Waals surface area contributed by atoms with E-state index in [2.05, 4.69) is 12.1 Å². The third-order valence-corrected chi connectivity index (χ3v) is 2.28. The van der Waals surface area contributed by atoms with Crippen molar-refractivity contribution in [2.24, 2.45) is 0 Å². The van der Waals surface area contributed by atoms with Gasteiger partial charge >= 0.3 is 0 Å². The fourth-order valence-electron chi connectivity index (χ4n) is 1.32. The Morgan fingerprint density at radius 3 is 2.47 bits per heavy atom. The quantitative estimate of drug-likeness (QED) is 0.750. The van der Waals surface area contributed by atoms with Crippen molar-refractivity contribution in [2.45, 2.75) is 19.4 Å². The molecule has 1 N–H and O–H groups in total. The molecule has 0 saturated carbocycles. The molecular weight excluding hydrogens is 188 g/mol. The van der Waals surface area contributed by atoms with Crippen LogP contribution in [0.1, 0.15) is 19.4 Å². The second-order valence-corrected chi connectivity index (χ2v) is 3.84. The highest BCUT2D eigenvalue weighted by atomic mass is 16.5. The number of hydrogen-bond donors (Lipinski definition) is 1. The van der Waals surface area contributed by atoms with E-state index in [9.17, 15) is 0 Å². The standard InChI is InChI=1S/C13H18O2/c1-13(2,15-11-7-6-10-14)12-8-4-3-5-9-12/h3-9,14H,10-11H2,1-2H3. The Morgan fingerprint density at radius 1 is 1.20 bits per heavy atom. The van der Waals surface area contributed by atoms with Crippen molar-refractivity contribution in [1.29, 1.82) is 0 Å². The molecule has 0 heterocycles. The molecule has 0 aromatic heterocycles. The third kappa shape index (κ3) is 3.86. The Labute approximate surface area is 91.2 Å². The van der Waals surface area contributed by atoms with Crippen LogP contribution < -0.4 is 0 Å². The molecule has 0 spiro atoms. The number of ether oxygens (including phenoxy) is 1. The molecule has 0 amide bonds. The molecule has 2 nitrogen and oxygen atoms in total. The number of aliphatic hydroxyl groups excluding tert-OH is 1. The van der Waals surface area contributed by atoms with Crippen LogP contribution in [-0.4, -0.2) is 18.3 Å². The van der Waals surface area contributed by atoms with Crippen molar-refractivity contribution >= 4 is 0 Å². The fourth-order valence-corrected chi connectivity index (χ4v) is 1.32. The van der Waals surface area contributed by atoms with E-state index in [1.165, 1.54) is 0 Å². The van der Waals surface area contributed by atoms with Crippen molar-refractivity contribution in [3.63, 3.8) is 0 Å². The first-order valence-corrected chi connectivity index (χ1v) is 5.12. The minimum absolute atomic E-state index is 0.0646. The lowest BCUT2D eigenvalue weighted by molar-refractivity contribution is -0.00487. The van der Waals surface area contributed by atoms with Crippen LogP contribution in [0.15, 0.2) is 42.5 Å². The topological polar surface area (TPSA) is 29.5 Å². The van der Waals surface area contributed by atoms with Gasteiger partial charge in [0.25, 0.3) is 0 Å². The molecule has 0 aliphatic carbocycles. The van der Waals surface area contributed by atoms with Gasteiger partial charge in [0.05, 0.1) is 18.8 Å². The number of hydrogen-bond acceptors (Lipinski definition) is 2. The predicted octanol–water partition coefficient (Wildman–Crippen LogP) is 2.49. The molecule has 0 radical (unpaired) electrons. The number of aliphatic hydroxyl groups is 1. The minimum atomic E-state index is -0.291. The summed E-state index contributed by atoms with van der Waals surface area (Å²) in [7, 11) is 0. The molecule has 2 heteroatoms. The second kappa shape index (κ2) is 5.69. The lowest BCUT2D eigenvalue weighted by Crippen LogP contribution is -2.21. The van der Waals surface area contributed by atoms with E-state index >= 15 is 0 Å². The fraction of sp³-hybridized carbons (Fsp3) is 0.385. The van der Waals surface area contributed by atoms with Gasteiger partial charge in [-0.15, -0.1) is 0 Å². The van der Waals surface area contributed by atoms with E-state index < -0.39 is 0 Å². The highest BCUT2D eigenvalue weighted by molar-refractivity contribution is 5.20. The maximum Gasteiger partial charge on any atom is 0.0879 e. The van der Waals surface area contributed by atoms with Gasteiger partial charge in [0.15, 0.2) is 0 Å². The lowest BCUT2D eigenvalue weighted by Gasteiger charge is -2.25. The van der Waals surface area contributed by atoms with Crippen molar-refractivity contribution in [3.8, 4) is 0 Å². The first-order valence-electron chi connectivity index (χ1n) is 5.12. The van der Waals surface area contributed by atoms with Crippen LogP contribution in [0, 0.1) is 0 Å². The Morgan fingerprint density at radius 2 is 1.87 bits per heavy atom. The van der Waals surface area contributed by atoms with E-state index in [0.29, 0.717) is 6.61 Å². The van der Waals surface area contributed by atoms with Gasteiger partial charge in [0.1, 0.15) is 0 Å². The molecule has 1 rings (SSSR count). The first-order chi connectivity index (χ1) is 7.17. The average molecular weight is 206 g/mol. The van der Waals surface area contributed by atoms with Gasteiger partial charge in [-0.1, -0.05) is 42.5 Å². The molecule has 0 saturated heterocycles. The summed E-state index contributed by atoms with van der Waals surface area (Å²) in [6.45, 7) is 4.65. The van der Waals surface area contributed by atoms with Crippen LogP contribution in [-0.2, 0) is 10.3 Å². The summed E-state index contributed by atoms with van der Waals surface area (Å²) >= 11 is 0. The van der Waals surface area contributed by atoms with Crippen LogP contribution in [0.2, 0.25) is 0 Å². The van der Waals surface area contributed by atoms with E-state index in [4.69, 9.17) is 9.84 Å². The molecule has 1 aromatic rings. The minimum Gasteiger partial charge on any atom is -0.392 e. The third-order valence-electron chi connectivity index (χ3n) is 2.28. The van der Waals surface area contributed by atoms with E-state index in [1.807, 2.05) is 38.1 Å². The highest BCUT2D eigenvalue weighted by Gasteiger charge is 2.19. The summed E-state index contributed by atoms with van der Waals surface area (Å²) in [6.07, 6.45) is 3.51. The van der Waals surface area contributed by atoms with Gasteiger partial charge < -0.3 is 9.84 Å². The zero-order valence-electron chi connectivity index (χ0n) is 9.31. The molecule has 0 fully saturated rings. The van der Waals surface area contributed by atoms with E-state index in [-0.39, 0.29) is 12.2 Å². The second-order valence-electron chi connectivity index (χ2n) is 3.84. The lowest BCUT2D eigenvalue weighted by atomic mass is 9.98. The van der Waals surface area contributed by atoms with E-state index in [1.54, 1.807) is 6.08 Å². The Balaban J connectivity index is 2.56. The molecule has 1 aromatic carbocycles. The molecule has 0 aliphatic heterocycles. The van der Waals surface area contributed by atoms with Crippen molar-refractivity contribution in [1.82, 2.24) is 0 Å². The van der Waals surface area contributed by atoms with Crippen molar-refractivity contribution < 1.29 is 9.84 Å². The van der Waals surface area contributed by atoms with Crippen molar-refractivity contribution in [2.75, 3.05) is 13.2 Å². The van der Waals surface area contributed by atoms with Crippen LogP contribution >= 0.6 is 0 Å². The highest BCUT2D eigenvalue weighted by Crippen LogP contribution is 2.23. The largest absolute Gasteiger partial charge is 0.392 e. The van der Waals surface area contributed by atoms with Crippen LogP contribution in [0.3, 0.4) is 0 Å². The van der Waals surface area contributed by atoms with Gasteiger partial charge in [-0.3, -0.25) is 0 Å². The SMILES string of the molecule is CC(C)(OCC=CCO)c1ccccc1. The number of rotatable bonds is 5. The van der Waals surface area contributed by atoms with Crippen LogP contribution in [0.4, 0.5) is 0 Å². The zero-order valence-corrected chi connectivity index (χ0v) is 9.31. The normalized spacial score (nSPS) is 12.2. The predicted molar refractivity (Wildman–Crippen MR) is 61.6 cm³/mol. The Bertz CT molecular complexity index is 302. The molecule has 0 aliphatic rings. The number of benzene rings is 1. The summed E-state index contributed by atoms with van der Waals surface area (Å²) in [6, 6.07) is 10.1. The molecule has 0 unspecified atom stereocenters. The Hall–Kier alpha value is -1.12. The zero-order chi connectivity index (χ0) is 11.1. The van der Waals surface area contributed by atoms with Crippen molar-refractivity contribution in [3.05, 3.63) is 48.0 Å². The van der Waals surface area contributed by atoms with Gasteiger partial charge in [0, 0.05) is 0 Å². The maximum absolute atomic E-state index is 8.57. The van der Waals surface area contributed by atoms with Gasteiger partial charge in [-0.2, -0.15) is 0 Å². The average Bonchev–Trinajstić information content (AvgIpc) is 2.26. The van der Waals surface area contributed by atoms with Crippen LogP contribution in [0.5, 0.6) is 0 Å². The Kier molecular flexibility index (Phi) is 4.53. The molecular formula is C13H18O2. The van der Waals surface area contributed by atoms with Gasteiger partial charge in [-0.25, -0.2) is 0 Å². The molecule has 82 valence electrons. The summed E-state index contributed by atoms with van der Waals surface area (Å²) in [5.41, 5.74) is 0.864. The van der Waals surface area contributed by atoms with Gasteiger partial charge in [-0.05, 0) is 19.4 Å². The molecule has 0 bridgehead atoms. The molecule has 15 heavy (non-hydrogen) atoms. The van der Waals surface area contributed by atoms with E-state index in [0.717, 1.165) is 5.56 Å². The smallest absolute Gasteiger partial charge is 0.0879 e. The van der Waals surface area contributed by atoms with Gasteiger partial charge in [0.2, 0.25) is 0 Å². The summed E-state index contributed by atoms with van der Waals surface area (Å²) < 4.78 is 5.72. The molecule has 0 atom stereocenters. The summed E-state index contributed by atoms with van der Waals surface area (Å²) in [5.74, 6) is 0.